The van der Waals surface area contributed by atoms with E-state index in [1.165, 1.54) is 4.90 Å². The molecule has 0 radical (unpaired) electrons. The molecular weight excluding hydrogens is 430 g/mol. The minimum Gasteiger partial charge on any atom is -0.352 e. The molecule has 1 fully saturated rings. The molecule has 4 atom stereocenters. The van der Waals surface area contributed by atoms with Crippen LogP contribution in [0.25, 0.3) is 0 Å². The lowest BCUT2D eigenvalue weighted by Crippen LogP contribution is -2.51. The van der Waals surface area contributed by atoms with Crippen LogP contribution < -0.4 is 5.32 Å². The van der Waals surface area contributed by atoms with Crippen LogP contribution in [0.4, 0.5) is 0 Å². The molecule has 184 valence electrons. The van der Waals surface area contributed by atoms with Crippen molar-refractivity contribution in [3.63, 3.8) is 0 Å². The van der Waals surface area contributed by atoms with E-state index in [0.29, 0.717) is 25.8 Å². The molecule has 3 rings (SSSR count). The van der Waals surface area contributed by atoms with E-state index in [0.717, 1.165) is 17.5 Å². The van der Waals surface area contributed by atoms with Crippen LogP contribution in [0.2, 0.25) is 0 Å². The molecule has 34 heavy (non-hydrogen) atoms. The Hall–Kier alpha value is -2.96. The summed E-state index contributed by atoms with van der Waals surface area (Å²) in [4.78, 5) is 55.0. The standard InChI is InChI=1S/C27H37N3O4/c1-5-19(4)28-25(32)23(6-2)30(17-20-11-9-10-18(3)16-20)24(31)14-15-29-26(33)21-12-7-8-13-22(21)27(29)34/h7-11,16,19,21-23H,5-6,12-15,17H2,1-4H3,(H,28,32)/t19?,21-,22+,23?. The Morgan fingerprint density at radius 3 is 2.29 bits per heavy atom. The van der Waals surface area contributed by atoms with Crippen LogP contribution in [0.15, 0.2) is 36.4 Å². The van der Waals surface area contributed by atoms with Gasteiger partial charge in [-0.3, -0.25) is 24.1 Å². The van der Waals surface area contributed by atoms with Crippen molar-refractivity contribution in [1.82, 2.24) is 15.1 Å². The summed E-state index contributed by atoms with van der Waals surface area (Å²) < 4.78 is 0. The first-order chi connectivity index (χ1) is 16.3. The molecule has 1 aromatic rings. The minimum atomic E-state index is -0.626. The summed E-state index contributed by atoms with van der Waals surface area (Å²) in [6.45, 7) is 8.17. The van der Waals surface area contributed by atoms with Gasteiger partial charge >= 0.3 is 0 Å². The van der Waals surface area contributed by atoms with Crippen LogP contribution in [-0.2, 0) is 25.7 Å². The number of allylic oxidation sites excluding steroid dienone is 2. The molecule has 7 heteroatoms. The second-order valence-corrected chi connectivity index (χ2v) is 9.49. The zero-order chi connectivity index (χ0) is 24.8. The average Bonchev–Trinajstić information content (AvgIpc) is 3.07. The predicted molar refractivity (Wildman–Crippen MR) is 130 cm³/mol. The van der Waals surface area contributed by atoms with E-state index in [2.05, 4.69) is 5.32 Å². The Kier molecular flexibility index (Phi) is 8.64. The van der Waals surface area contributed by atoms with Gasteiger partial charge in [-0.15, -0.1) is 0 Å². The molecule has 1 aromatic carbocycles. The molecule has 2 unspecified atom stereocenters. The van der Waals surface area contributed by atoms with Crippen LogP contribution in [0.3, 0.4) is 0 Å². The Morgan fingerprint density at radius 1 is 1.09 bits per heavy atom. The quantitative estimate of drug-likeness (QED) is 0.422. The smallest absolute Gasteiger partial charge is 0.243 e. The van der Waals surface area contributed by atoms with Crippen molar-refractivity contribution in [3.8, 4) is 0 Å². The lowest BCUT2D eigenvalue weighted by Gasteiger charge is -2.32. The first-order valence-corrected chi connectivity index (χ1v) is 12.4. The van der Waals surface area contributed by atoms with Gasteiger partial charge in [0.05, 0.1) is 11.8 Å². The monoisotopic (exact) mass is 467 g/mol. The van der Waals surface area contributed by atoms with Crippen LogP contribution in [0, 0.1) is 18.8 Å². The SMILES string of the molecule is CCC(C)NC(=O)C(CC)N(Cc1cccc(C)c1)C(=O)CCN1C(=O)[C@H]2CC=CC[C@H]2C1=O. The van der Waals surface area contributed by atoms with Crippen molar-refractivity contribution in [2.75, 3.05) is 6.54 Å². The maximum absolute atomic E-state index is 13.5. The van der Waals surface area contributed by atoms with E-state index < -0.39 is 6.04 Å². The third kappa shape index (κ3) is 5.75. The number of carbonyl (C=O) groups excluding carboxylic acids is 4. The Labute approximate surface area is 202 Å². The molecule has 1 aliphatic heterocycles. The fraction of sp³-hybridized carbons (Fsp3) is 0.556. The van der Waals surface area contributed by atoms with Gasteiger partial charge < -0.3 is 10.2 Å². The third-order valence-corrected chi connectivity index (χ3v) is 6.97. The summed E-state index contributed by atoms with van der Waals surface area (Å²) in [7, 11) is 0. The topological polar surface area (TPSA) is 86.8 Å². The van der Waals surface area contributed by atoms with Gasteiger partial charge in [-0.25, -0.2) is 0 Å². The molecule has 1 N–H and O–H groups in total. The average molecular weight is 468 g/mol. The zero-order valence-corrected chi connectivity index (χ0v) is 20.8. The lowest BCUT2D eigenvalue weighted by atomic mass is 9.85. The number of hydrogen-bond donors (Lipinski definition) is 1. The molecule has 1 aliphatic carbocycles. The number of aryl methyl sites for hydroxylation is 1. The van der Waals surface area contributed by atoms with Crippen molar-refractivity contribution in [1.29, 1.82) is 0 Å². The number of amides is 4. The number of carbonyl (C=O) groups is 4. The number of rotatable bonds is 10. The van der Waals surface area contributed by atoms with E-state index in [1.54, 1.807) is 4.90 Å². The molecule has 7 nitrogen and oxygen atoms in total. The number of likely N-dealkylation sites (tertiary alicyclic amines) is 1. The summed E-state index contributed by atoms with van der Waals surface area (Å²) in [5.41, 5.74) is 2.01. The van der Waals surface area contributed by atoms with Gasteiger partial charge in [-0.2, -0.15) is 0 Å². The lowest BCUT2D eigenvalue weighted by molar-refractivity contribution is -0.144. The van der Waals surface area contributed by atoms with Crippen molar-refractivity contribution in [2.45, 2.75) is 78.4 Å². The third-order valence-electron chi connectivity index (χ3n) is 6.97. The highest BCUT2D eigenvalue weighted by Gasteiger charge is 2.47. The molecule has 1 heterocycles. The molecule has 0 aromatic heterocycles. The van der Waals surface area contributed by atoms with Crippen LogP contribution in [-0.4, -0.2) is 52.1 Å². The van der Waals surface area contributed by atoms with Crippen molar-refractivity contribution >= 4 is 23.6 Å². The predicted octanol–water partition coefficient (Wildman–Crippen LogP) is 3.36. The number of nitrogens with zero attached hydrogens (tertiary/aromatic N) is 2. The number of nitrogens with one attached hydrogen (secondary N) is 1. The summed E-state index contributed by atoms with van der Waals surface area (Å²) in [5, 5.41) is 3.00. The zero-order valence-electron chi connectivity index (χ0n) is 20.8. The fourth-order valence-corrected chi connectivity index (χ4v) is 4.81. The van der Waals surface area contributed by atoms with Gasteiger partial charge in [0.15, 0.2) is 0 Å². The van der Waals surface area contributed by atoms with Gasteiger partial charge in [-0.1, -0.05) is 55.8 Å². The second kappa shape index (κ2) is 11.4. The van der Waals surface area contributed by atoms with E-state index in [9.17, 15) is 19.2 Å². The summed E-state index contributed by atoms with van der Waals surface area (Å²) in [6, 6.07) is 7.25. The number of imide groups is 1. The number of hydrogen-bond acceptors (Lipinski definition) is 4. The van der Waals surface area contributed by atoms with Crippen molar-refractivity contribution in [3.05, 3.63) is 47.5 Å². The normalized spacial score (nSPS) is 21.2. The van der Waals surface area contributed by atoms with E-state index in [-0.39, 0.29) is 54.5 Å². The maximum Gasteiger partial charge on any atom is 0.243 e. The molecular formula is C27H37N3O4. The van der Waals surface area contributed by atoms with Gasteiger partial charge in [0.1, 0.15) is 6.04 Å². The highest BCUT2D eigenvalue weighted by Crippen LogP contribution is 2.35. The van der Waals surface area contributed by atoms with E-state index >= 15 is 0 Å². The van der Waals surface area contributed by atoms with Gasteiger partial charge in [0, 0.05) is 25.6 Å². The van der Waals surface area contributed by atoms with Crippen molar-refractivity contribution in [2.24, 2.45) is 11.8 Å². The first-order valence-electron chi connectivity index (χ1n) is 12.4. The minimum absolute atomic E-state index is 0.00325. The molecule has 0 spiro atoms. The van der Waals surface area contributed by atoms with Crippen molar-refractivity contribution < 1.29 is 19.2 Å². The second-order valence-electron chi connectivity index (χ2n) is 9.49. The number of benzene rings is 1. The highest BCUT2D eigenvalue weighted by molar-refractivity contribution is 6.05. The maximum atomic E-state index is 13.5. The first kappa shape index (κ1) is 25.7. The van der Waals surface area contributed by atoms with Crippen LogP contribution in [0.5, 0.6) is 0 Å². The molecule has 4 amide bonds. The molecule has 0 bridgehead atoms. The summed E-state index contributed by atoms with van der Waals surface area (Å²) in [6.07, 6.45) is 6.32. The highest BCUT2D eigenvalue weighted by atomic mass is 16.2. The molecule has 1 saturated heterocycles. The van der Waals surface area contributed by atoms with E-state index in [1.807, 2.05) is 64.1 Å². The molecule has 2 aliphatic rings. The van der Waals surface area contributed by atoms with Gasteiger partial charge in [0.25, 0.3) is 0 Å². The van der Waals surface area contributed by atoms with Crippen LogP contribution >= 0.6 is 0 Å². The Bertz CT molecular complexity index is 931. The van der Waals surface area contributed by atoms with Crippen LogP contribution in [0.1, 0.15) is 64.0 Å². The van der Waals surface area contributed by atoms with E-state index in [4.69, 9.17) is 0 Å². The molecule has 0 saturated carbocycles. The summed E-state index contributed by atoms with van der Waals surface area (Å²) in [5.74, 6) is -1.39. The fourth-order valence-electron chi connectivity index (χ4n) is 4.81. The number of fused-ring (bicyclic) bond motifs is 1. The summed E-state index contributed by atoms with van der Waals surface area (Å²) >= 11 is 0. The Balaban J connectivity index is 1.76. The largest absolute Gasteiger partial charge is 0.352 e. The van der Waals surface area contributed by atoms with Gasteiger partial charge in [0.2, 0.25) is 23.6 Å². The Morgan fingerprint density at radius 2 is 1.74 bits per heavy atom. The van der Waals surface area contributed by atoms with Gasteiger partial charge in [-0.05, 0) is 45.1 Å².